The highest BCUT2D eigenvalue weighted by atomic mass is 16.7. The van der Waals surface area contributed by atoms with E-state index in [2.05, 4.69) is 0 Å². The summed E-state index contributed by atoms with van der Waals surface area (Å²) in [7, 11) is 0. The zero-order valence-electron chi connectivity index (χ0n) is 9.58. The van der Waals surface area contributed by atoms with Crippen molar-refractivity contribution in [2.75, 3.05) is 0 Å². The number of rotatable bonds is 2. The van der Waals surface area contributed by atoms with Crippen LogP contribution < -0.4 is 0 Å². The zero-order chi connectivity index (χ0) is 12.6. The Morgan fingerprint density at radius 2 is 1.65 bits per heavy atom. The molecule has 1 aromatic rings. The summed E-state index contributed by atoms with van der Waals surface area (Å²) in [4.78, 5) is 12.3. The molecule has 0 aromatic heterocycles. The summed E-state index contributed by atoms with van der Waals surface area (Å²) >= 11 is 0. The van der Waals surface area contributed by atoms with Gasteiger partial charge in [0.15, 0.2) is 0 Å². The number of benzene rings is 1. The van der Waals surface area contributed by atoms with Crippen molar-refractivity contribution in [2.45, 2.75) is 13.8 Å². The highest BCUT2D eigenvalue weighted by Gasteiger charge is 2.46. The lowest BCUT2D eigenvalue weighted by molar-refractivity contribution is -1.05. The monoisotopic (exact) mass is 232 g/mol. The second-order valence-corrected chi connectivity index (χ2v) is 4.13. The van der Waals surface area contributed by atoms with Crippen LogP contribution in [0.15, 0.2) is 30.3 Å². The standard InChI is InChI=1S/C12H12N2O3/c1-8(2)10-12(15)11(14(17)13(10)16)9-6-4-3-5-7-9/h3-8H,1-2H3. The van der Waals surface area contributed by atoms with Crippen molar-refractivity contribution < 1.29 is 14.5 Å². The SMILES string of the molecule is CC(C)C1=[N+]([O-])[N+]([O-])=C(c2ccccc2)C1=O. The van der Waals surface area contributed by atoms with Crippen LogP contribution in [-0.4, -0.2) is 26.9 Å². The van der Waals surface area contributed by atoms with E-state index in [0.29, 0.717) is 5.56 Å². The van der Waals surface area contributed by atoms with Crippen LogP contribution in [0.5, 0.6) is 0 Å². The van der Waals surface area contributed by atoms with Gasteiger partial charge in [0.2, 0.25) is 0 Å². The van der Waals surface area contributed by atoms with Gasteiger partial charge in [-0.2, -0.15) is 0 Å². The minimum Gasteiger partial charge on any atom is -0.561 e. The minimum atomic E-state index is -0.490. The molecule has 0 saturated carbocycles. The molecular weight excluding hydrogens is 220 g/mol. The Kier molecular flexibility index (Phi) is 2.67. The molecule has 2 rings (SSSR count). The van der Waals surface area contributed by atoms with Crippen LogP contribution in [0.3, 0.4) is 0 Å². The number of ketones is 1. The summed E-state index contributed by atoms with van der Waals surface area (Å²) in [6.45, 7) is 3.42. The van der Waals surface area contributed by atoms with E-state index in [1.165, 1.54) is 0 Å². The van der Waals surface area contributed by atoms with Crippen LogP contribution in [0.4, 0.5) is 0 Å². The molecule has 5 heteroatoms. The summed E-state index contributed by atoms with van der Waals surface area (Å²) < 4.78 is 0. The Hall–Kier alpha value is -2.17. The molecule has 1 aliphatic rings. The molecule has 0 bridgehead atoms. The summed E-state index contributed by atoms with van der Waals surface area (Å²) in [5, 5.41) is 23.3. The Morgan fingerprint density at radius 3 is 2.12 bits per heavy atom. The number of carbonyl (C=O) groups is 1. The molecule has 0 spiro atoms. The van der Waals surface area contributed by atoms with E-state index in [-0.39, 0.29) is 27.0 Å². The predicted octanol–water partition coefficient (Wildman–Crippen LogP) is 1.09. The van der Waals surface area contributed by atoms with E-state index in [0.717, 1.165) is 0 Å². The first-order chi connectivity index (χ1) is 8.04. The van der Waals surface area contributed by atoms with Crippen LogP contribution in [0.1, 0.15) is 19.4 Å². The summed E-state index contributed by atoms with van der Waals surface area (Å²) in [5.74, 6) is -0.770. The van der Waals surface area contributed by atoms with Gasteiger partial charge in [0, 0.05) is 0 Å². The second kappa shape index (κ2) is 4.01. The van der Waals surface area contributed by atoms with Gasteiger partial charge in [-0.05, 0) is 12.1 Å². The van der Waals surface area contributed by atoms with Crippen molar-refractivity contribution in [3.8, 4) is 0 Å². The normalized spacial score (nSPS) is 16.3. The van der Waals surface area contributed by atoms with Gasteiger partial charge in [-0.25, -0.2) is 0 Å². The van der Waals surface area contributed by atoms with Gasteiger partial charge < -0.3 is 10.4 Å². The third kappa shape index (κ3) is 1.69. The fourth-order valence-electron chi connectivity index (χ4n) is 1.80. The van der Waals surface area contributed by atoms with E-state index in [1.807, 2.05) is 0 Å². The number of Topliss-reactive ketones (excluding diaryl/α,β-unsaturated/α-hetero) is 1. The molecule has 1 aromatic carbocycles. The van der Waals surface area contributed by atoms with Crippen LogP contribution in [0, 0.1) is 16.3 Å². The number of hydrogen-bond acceptors (Lipinski definition) is 3. The molecular formula is C12H12N2O3. The number of carbonyl (C=O) groups excluding carboxylic acids is 1. The maximum Gasteiger partial charge on any atom is 0.348 e. The molecule has 88 valence electrons. The molecule has 17 heavy (non-hydrogen) atoms. The number of hydrogen-bond donors (Lipinski definition) is 0. The molecule has 0 radical (unpaired) electrons. The topological polar surface area (TPSA) is 69.2 Å². The largest absolute Gasteiger partial charge is 0.561 e. The molecule has 0 aliphatic carbocycles. The van der Waals surface area contributed by atoms with Gasteiger partial charge in [-0.1, -0.05) is 32.0 Å². The maximum absolute atomic E-state index is 12.0. The van der Waals surface area contributed by atoms with Crippen molar-refractivity contribution in [3.05, 3.63) is 46.3 Å². The van der Waals surface area contributed by atoms with E-state index < -0.39 is 5.78 Å². The highest BCUT2D eigenvalue weighted by Crippen LogP contribution is 2.12. The van der Waals surface area contributed by atoms with Gasteiger partial charge in [-0.15, -0.1) is 0 Å². The molecule has 5 nitrogen and oxygen atoms in total. The van der Waals surface area contributed by atoms with Crippen LogP contribution >= 0.6 is 0 Å². The smallest absolute Gasteiger partial charge is 0.348 e. The molecule has 0 amide bonds. The summed E-state index contributed by atoms with van der Waals surface area (Å²) in [6, 6.07) is 8.48. The Labute approximate surface area is 98.5 Å². The van der Waals surface area contributed by atoms with Gasteiger partial charge in [-0.3, -0.25) is 4.79 Å². The number of hydrazone groups is 2. The molecule has 0 saturated heterocycles. The van der Waals surface area contributed by atoms with Crippen LogP contribution in [-0.2, 0) is 4.79 Å². The van der Waals surface area contributed by atoms with E-state index >= 15 is 0 Å². The average molecular weight is 232 g/mol. The lowest BCUT2D eigenvalue weighted by Gasteiger charge is -1.99. The van der Waals surface area contributed by atoms with E-state index in [1.54, 1.807) is 44.2 Å². The number of hydrazine groups is 1. The third-order valence-corrected chi connectivity index (χ3v) is 2.60. The van der Waals surface area contributed by atoms with Gasteiger partial charge in [0.1, 0.15) is 0 Å². The lowest BCUT2D eigenvalue weighted by Crippen LogP contribution is -2.26. The molecule has 1 heterocycles. The molecule has 0 fully saturated rings. The zero-order valence-corrected chi connectivity index (χ0v) is 9.58. The first-order valence-electron chi connectivity index (χ1n) is 5.32. The van der Waals surface area contributed by atoms with Crippen LogP contribution in [0.2, 0.25) is 0 Å². The molecule has 0 unspecified atom stereocenters. The molecule has 0 N–H and O–H groups in total. The van der Waals surface area contributed by atoms with Crippen molar-refractivity contribution in [1.29, 1.82) is 0 Å². The van der Waals surface area contributed by atoms with E-state index in [9.17, 15) is 15.2 Å². The van der Waals surface area contributed by atoms with Crippen molar-refractivity contribution in [1.82, 2.24) is 0 Å². The fraction of sp³-hybridized carbons (Fsp3) is 0.250. The third-order valence-electron chi connectivity index (χ3n) is 2.60. The lowest BCUT2D eigenvalue weighted by atomic mass is 9.98. The van der Waals surface area contributed by atoms with Gasteiger partial charge in [0.25, 0.3) is 0 Å². The van der Waals surface area contributed by atoms with Crippen molar-refractivity contribution in [2.24, 2.45) is 5.92 Å². The second-order valence-electron chi connectivity index (χ2n) is 4.13. The Bertz CT molecular complexity index is 530. The minimum absolute atomic E-state index is 0.0150. The Balaban J connectivity index is 2.52. The van der Waals surface area contributed by atoms with Gasteiger partial charge >= 0.3 is 17.2 Å². The summed E-state index contributed by atoms with van der Waals surface area (Å²) in [5.41, 5.74) is 0.340. The van der Waals surface area contributed by atoms with Crippen molar-refractivity contribution in [3.63, 3.8) is 0 Å². The van der Waals surface area contributed by atoms with Gasteiger partial charge in [0.05, 0.1) is 21.2 Å². The first-order valence-corrected chi connectivity index (χ1v) is 5.32. The van der Waals surface area contributed by atoms with Crippen LogP contribution in [0.25, 0.3) is 0 Å². The van der Waals surface area contributed by atoms with E-state index in [4.69, 9.17) is 0 Å². The summed E-state index contributed by atoms with van der Waals surface area (Å²) in [6.07, 6.45) is 0. The Morgan fingerprint density at radius 1 is 1.06 bits per heavy atom. The average Bonchev–Trinajstić information content (AvgIpc) is 2.51. The van der Waals surface area contributed by atoms with Crippen molar-refractivity contribution >= 4 is 17.2 Å². The molecule has 0 atom stereocenters. The maximum atomic E-state index is 12.0. The number of nitrogens with zero attached hydrogens (tertiary/aromatic N) is 2. The highest BCUT2D eigenvalue weighted by molar-refractivity contribution is 6.68. The predicted molar refractivity (Wildman–Crippen MR) is 62.7 cm³/mol. The molecule has 1 aliphatic heterocycles. The quantitative estimate of drug-likeness (QED) is 0.566. The fourth-order valence-corrected chi connectivity index (χ4v) is 1.80. The first kappa shape index (κ1) is 11.3.